The zero-order chi connectivity index (χ0) is 17.2. The lowest BCUT2D eigenvalue weighted by Gasteiger charge is -2.27. The predicted octanol–water partition coefficient (Wildman–Crippen LogP) is 5.43. The first-order chi connectivity index (χ1) is 11.4. The molecule has 0 fully saturated rings. The lowest BCUT2D eigenvalue weighted by molar-refractivity contribution is 0.00568. The van der Waals surface area contributed by atoms with Crippen molar-refractivity contribution in [3.05, 3.63) is 54.1 Å². The van der Waals surface area contributed by atoms with Crippen molar-refractivity contribution in [2.24, 2.45) is 5.92 Å². The minimum Gasteiger partial charge on any atom is -0.431 e. The van der Waals surface area contributed by atoms with E-state index in [-0.39, 0.29) is 5.92 Å². The minimum absolute atomic E-state index is 0.249. The zero-order valence-electron chi connectivity index (χ0n) is 14.3. The van der Waals surface area contributed by atoms with E-state index in [1.807, 2.05) is 43.3 Å². The highest BCUT2D eigenvalue weighted by atomic mass is 32.1. The molecule has 0 bridgehead atoms. The predicted molar refractivity (Wildman–Crippen MR) is 99.9 cm³/mol. The van der Waals surface area contributed by atoms with Crippen molar-refractivity contribution >= 4 is 21.6 Å². The van der Waals surface area contributed by atoms with Gasteiger partial charge in [-0.25, -0.2) is 4.98 Å². The van der Waals surface area contributed by atoms with Crippen LogP contribution >= 0.6 is 11.3 Å². The van der Waals surface area contributed by atoms with Gasteiger partial charge in [0, 0.05) is 0 Å². The molecule has 0 saturated heterocycles. The Morgan fingerprint density at radius 1 is 1.12 bits per heavy atom. The molecule has 3 nitrogen and oxygen atoms in total. The van der Waals surface area contributed by atoms with Gasteiger partial charge in [-0.1, -0.05) is 49.4 Å². The molecule has 0 amide bonds. The van der Waals surface area contributed by atoms with Gasteiger partial charge < -0.3 is 9.84 Å². The molecule has 0 spiro atoms. The Balaban J connectivity index is 1.64. The fourth-order valence-electron chi connectivity index (χ4n) is 2.41. The molecule has 1 unspecified atom stereocenters. The van der Waals surface area contributed by atoms with E-state index in [4.69, 9.17) is 4.74 Å². The van der Waals surface area contributed by atoms with Gasteiger partial charge in [0.25, 0.3) is 5.19 Å². The van der Waals surface area contributed by atoms with Crippen molar-refractivity contribution in [3.8, 4) is 10.9 Å². The molecule has 0 aliphatic heterocycles. The van der Waals surface area contributed by atoms with Crippen molar-refractivity contribution in [2.75, 3.05) is 0 Å². The smallest absolute Gasteiger partial charge is 0.279 e. The van der Waals surface area contributed by atoms with Crippen LogP contribution in [-0.4, -0.2) is 15.7 Å². The van der Waals surface area contributed by atoms with Gasteiger partial charge in [-0.15, -0.1) is 0 Å². The fraction of sp³-hybridized carbons (Fsp3) is 0.350. The molecule has 1 aromatic heterocycles. The van der Waals surface area contributed by atoms with E-state index in [9.17, 15) is 5.11 Å². The molecule has 2 aromatic carbocycles. The Morgan fingerprint density at radius 3 is 2.50 bits per heavy atom. The lowest BCUT2D eigenvalue weighted by atomic mass is 9.87. The molecule has 0 saturated carbocycles. The summed E-state index contributed by atoms with van der Waals surface area (Å²) in [6.45, 7) is 6.01. The molecule has 0 aliphatic carbocycles. The Hall–Kier alpha value is -1.91. The van der Waals surface area contributed by atoms with Crippen molar-refractivity contribution in [2.45, 2.75) is 39.2 Å². The van der Waals surface area contributed by atoms with Crippen molar-refractivity contribution in [3.63, 3.8) is 0 Å². The molecule has 1 atom stereocenters. The Morgan fingerprint density at radius 2 is 1.83 bits per heavy atom. The van der Waals surface area contributed by atoms with Gasteiger partial charge in [-0.3, -0.25) is 0 Å². The van der Waals surface area contributed by atoms with Crippen LogP contribution in [0.1, 0.15) is 32.8 Å². The molecule has 0 radical (unpaired) electrons. The standard InChI is InChI=1S/C20H23NO2S/c1-14(2)20(3,22)13-12-15-8-10-16(11-9-15)23-19-21-17-6-4-5-7-18(17)24-19/h4-11,14,22H,12-13H2,1-3H3. The van der Waals surface area contributed by atoms with Gasteiger partial charge in [0.05, 0.1) is 15.8 Å². The van der Waals surface area contributed by atoms with Gasteiger partial charge in [-0.05, 0) is 55.5 Å². The van der Waals surface area contributed by atoms with Crippen LogP contribution in [0.25, 0.3) is 10.2 Å². The van der Waals surface area contributed by atoms with E-state index in [0.717, 1.165) is 28.8 Å². The summed E-state index contributed by atoms with van der Waals surface area (Å²) in [5.74, 6) is 1.03. The second-order valence-electron chi connectivity index (χ2n) is 6.71. The van der Waals surface area contributed by atoms with Gasteiger partial charge in [0.2, 0.25) is 0 Å². The molecular formula is C20H23NO2S. The maximum Gasteiger partial charge on any atom is 0.279 e. The first kappa shape index (κ1) is 16.9. The topological polar surface area (TPSA) is 42.4 Å². The molecule has 126 valence electrons. The van der Waals surface area contributed by atoms with E-state index < -0.39 is 5.60 Å². The lowest BCUT2D eigenvalue weighted by Crippen LogP contribution is -2.31. The maximum atomic E-state index is 10.3. The summed E-state index contributed by atoms with van der Waals surface area (Å²) in [4.78, 5) is 4.48. The van der Waals surface area contributed by atoms with Crippen LogP contribution in [0.15, 0.2) is 48.5 Å². The third-order valence-electron chi connectivity index (χ3n) is 4.57. The van der Waals surface area contributed by atoms with Crippen LogP contribution in [0.3, 0.4) is 0 Å². The third kappa shape index (κ3) is 3.94. The van der Waals surface area contributed by atoms with Crippen LogP contribution < -0.4 is 4.74 Å². The highest BCUT2D eigenvalue weighted by molar-refractivity contribution is 7.20. The Kier molecular flexibility index (Phi) is 4.88. The summed E-state index contributed by atoms with van der Waals surface area (Å²) in [5, 5.41) is 11.0. The summed E-state index contributed by atoms with van der Waals surface area (Å²) < 4.78 is 6.99. The van der Waals surface area contributed by atoms with E-state index >= 15 is 0 Å². The first-order valence-corrected chi connectivity index (χ1v) is 9.10. The van der Waals surface area contributed by atoms with Crippen LogP contribution in [-0.2, 0) is 6.42 Å². The molecule has 1 N–H and O–H groups in total. The first-order valence-electron chi connectivity index (χ1n) is 8.29. The summed E-state index contributed by atoms with van der Waals surface area (Å²) >= 11 is 1.55. The van der Waals surface area contributed by atoms with Crippen molar-refractivity contribution in [1.82, 2.24) is 4.98 Å². The SMILES string of the molecule is CC(C)C(C)(O)CCc1ccc(Oc2nc3ccccc3s2)cc1. The molecular weight excluding hydrogens is 318 g/mol. The number of ether oxygens (including phenoxy) is 1. The second-order valence-corrected chi connectivity index (χ2v) is 7.70. The minimum atomic E-state index is -0.629. The zero-order valence-corrected chi connectivity index (χ0v) is 15.1. The summed E-state index contributed by atoms with van der Waals surface area (Å²) in [6.07, 6.45) is 1.61. The van der Waals surface area contributed by atoms with E-state index in [2.05, 4.69) is 31.0 Å². The highest BCUT2D eigenvalue weighted by Gasteiger charge is 2.24. The van der Waals surface area contributed by atoms with Gasteiger partial charge in [0.1, 0.15) is 5.75 Å². The summed E-state index contributed by atoms with van der Waals surface area (Å²) in [6, 6.07) is 16.1. The fourth-order valence-corrected chi connectivity index (χ4v) is 3.24. The molecule has 3 aromatic rings. The van der Waals surface area contributed by atoms with E-state index in [1.54, 1.807) is 11.3 Å². The largest absolute Gasteiger partial charge is 0.431 e. The van der Waals surface area contributed by atoms with Crippen LogP contribution in [0, 0.1) is 5.92 Å². The van der Waals surface area contributed by atoms with Crippen molar-refractivity contribution in [1.29, 1.82) is 0 Å². The molecule has 4 heteroatoms. The number of nitrogens with zero attached hydrogens (tertiary/aromatic N) is 1. The number of aryl methyl sites for hydroxylation is 1. The average Bonchev–Trinajstić information content (AvgIpc) is 2.96. The van der Waals surface area contributed by atoms with Crippen LogP contribution in [0.4, 0.5) is 0 Å². The average molecular weight is 341 g/mol. The van der Waals surface area contributed by atoms with E-state index in [1.165, 1.54) is 5.56 Å². The third-order valence-corrected chi connectivity index (χ3v) is 5.48. The van der Waals surface area contributed by atoms with Gasteiger partial charge >= 0.3 is 0 Å². The Bertz CT molecular complexity index is 773. The number of thiazole rings is 1. The number of hydrogen-bond acceptors (Lipinski definition) is 4. The number of hydrogen-bond donors (Lipinski definition) is 1. The van der Waals surface area contributed by atoms with Crippen LogP contribution in [0.2, 0.25) is 0 Å². The number of aliphatic hydroxyl groups is 1. The summed E-state index contributed by atoms with van der Waals surface area (Å²) in [7, 11) is 0. The maximum absolute atomic E-state index is 10.3. The number of rotatable bonds is 6. The Labute approximate surface area is 146 Å². The van der Waals surface area contributed by atoms with Gasteiger partial charge in [-0.2, -0.15) is 0 Å². The molecule has 0 aliphatic rings. The number of benzene rings is 2. The quantitative estimate of drug-likeness (QED) is 0.650. The molecule has 1 heterocycles. The van der Waals surface area contributed by atoms with Gasteiger partial charge in [0.15, 0.2) is 0 Å². The van der Waals surface area contributed by atoms with Crippen LogP contribution in [0.5, 0.6) is 10.9 Å². The molecule has 24 heavy (non-hydrogen) atoms. The van der Waals surface area contributed by atoms with E-state index in [0.29, 0.717) is 5.19 Å². The summed E-state index contributed by atoms with van der Waals surface area (Å²) in [5.41, 5.74) is 1.54. The number of fused-ring (bicyclic) bond motifs is 1. The highest BCUT2D eigenvalue weighted by Crippen LogP contribution is 2.31. The van der Waals surface area contributed by atoms with Crippen molar-refractivity contribution < 1.29 is 9.84 Å². The monoisotopic (exact) mass is 341 g/mol. The normalized spacial score (nSPS) is 14.0. The molecule has 3 rings (SSSR count). The number of para-hydroxylation sites is 1. The number of aromatic nitrogens is 1. The second kappa shape index (κ2) is 6.91.